The fourth-order valence-corrected chi connectivity index (χ4v) is 2.56. The fourth-order valence-electron chi connectivity index (χ4n) is 1.14. The minimum atomic E-state index is 0.534. The van der Waals surface area contributed by atoms with Gasteiger partial charge in [0.05, 0.1) is 17.3 Å². The molecule has 0 radical (unpaired) electrons. The highest BCUT2D eigenvalue weighted by molar-refractivity contribution is 9.11. The molecule has 0 atom stereocenters. The maximum atomic E-state index is 5.53. The molecule has 0 aliphatic rings. The zero-order valence-corrected chi connectivity index (χ0v) is 12.7. The van der Waals surface area contributed by atoms with Crippen LogP contribution in [0.3, 0.4) is 0 Å². The van der Waals surface area contributed by atoms with Crippen LogP contribution in [0.25, 0.3) is 0 Å². The summed E-state index contributed by atoms with van der Waals surface area (Å²) in [5, 5.41) is 3.26. The van der Waals surface area contributed by atoms with Crippen molar-refractivity contribution in [2.24, 2.45) is 0 Å². The van der Waals surface area contributed by atoms with E-state index in [9.17, 15) is 0 Å². The summed E-state index contributed by atoms with van der Waals surface area (Å²) in [6.45, 7) is 0.732. The van der Waals surface area contributed by atoms with Crippen molar-refractivity contribution in [3.8, 4) is 5.75 Å². The Bertz CT molecular complexity index is 382. The Morgan fingerprint density at radius 3 is 2.69 bits per heavy atom. The summed E-state index contributed by atoms with van der Waals surface area (Å²) >= 11 is 12.4. The fraction of sp³-hybridized carbons (Fsp3) is 0.273. The lowest BCUT2D eigenvalue weighted by molar-refractivity contribution is 0.412. The van der Waals surface area contributed by atoms with E-state index in [-0.39, 0.29) is 0 Å². The molecule has 5 heteroatoms. The normalized spacial score (nSPS) is 10.8. The van der Waals surface area contributed by atoms with Gasteiger partial charge in [-0.15, -0.1) is 11.6 Å². The number of halogens is 3. The SMILES string of the molecule is COc1cc(NC/C=C/CCl)c(Br)cc1Br. The number of hydrogen-bond acceptors (Lipinski definition) is 2. The van der Waals surface area contributed by atoms with Crippen LogP contribution in [0.2, 0.25) is 0 Å². The van der Waals surface area contributed by atoms with E-state index in [1.165, 1.54) is 0 Å². The van der Waals surface area contributed by atoms with Crippen LogP contribution in [0.4, 0.5) is 5.69 Å². The van der Waals surface area contributed by atoms with E-state index in [1.54, 1.807) is 7.11 Å². The van der Waals surface area contributed by atoms with Gasteiger partial charge in [0, 0.05) is 23.0 Å². The van der Waals surface area contributed by atoms with Gasteiger partial charge in [0.15, 0.2) is 0 Å². The summed E-state index contributed by atoms with van der Waals surface area (Å²) in [4.78, 5) is 0. The molecule has 0 aliphatic heterocycles. The highest BCUT2D eigenvalue weighted by atomic mass is 79.9. The summed E-state index contributed by atoms with van der Waals surface area (Å²) in [6, 6.07) is 3.88. The van der Waals surface area contributed by atoms with Crippen LogP contribution < -0.4 is 10.1 Å². The van der Waals surface area contributed by atoms with E-state index < -0.39 is 0 Å². The molecule has 0 spiro atoms. The number of benzene rings is 1. The zero-order chi connectivity index (χ0) is 12.0. The molecule has 88 valence electrons. The van der Waals surface area contributed by atoms with Gasteiger partial charge in [-0.25, -0.2) is 0 Å². The lowest BCUT2D eigenvalue weighted by atomic mass is 10.3. The van der Waals surface area contributed by atoms with Gasteiger partial charge in [0.2, 0.25) is 0 Å². The van der Waals surface area contributed by atoms with Gasteiger partial charge in [-0.2, -0.15) is 0 Å². The first-order valence-corrected chi connectivity index (χ1v) is 6.79. The standard InChI is InChI=1S/C11H12Br2ClNO/c1-16-11-7-10(8(12)6-9(11)13)15-5-3-2-4-14/h2-3,6-7,15H,4-5H2,1H3/b3-2+. The van der Waals surface area contributed by atoms with Crippen molar-refractivity contribution in [1.29, 1.82) is 0 Å². The molecule has 0 saturated heterocycles. The summed E-state index contributed by atoms with van der Waals surface area (Å²) < 4.78 is 7.13. The molecular weight excluding hydrogens is 357 g/mol. The third-order valence-corrected chi connectivity index (χ3v) is 3.36. The molecule has 0 aromatic heterocycles. The van der Waals surface area contributed by atoms with Crippen LogP contribution in [-0.2, 0) is 0 Å². The summed E-state index contributed by atoms with van der Waals surface area (Å²) in [5.74, 6) is 1.33. The number of ether oxygens (including phenoxy) is 1. The van der Waals surface area contributed by atoms with Gasteiger partial charge >= 0.3 is 0 Å². The second-order valence-corrected chi connectivity index (χ2v) is 4.99. The van der Waals surface area contributed by atoms with E-state index in [2.05, 4.69) is 37.2 Å². The molecule has 1 aromatic rings. The second-order valence-electron chi connectivity index (χ2n) is 2.97. The lowest BCUT2D eigenvalue weighted by Crippen LogP contribution is -1.99. The molecule has 0 aliphatic carbocycles. The van der Waals surface area contributed by atoms with Gasteiger partial charge in [-0.1, -0.05) is 12.2 Å². The van der Waals surface area contributed by atoms with E-state index in [1.807, 2.05) is 24.3 Å². The zero-order valence-electron chi connectivity index (χ0n) is 8.77. The summed E-state index contributed by atoms with van der Waals surface area (Å²) in [6.07, 6.45) is 3.88. The largest absolute Gasteiger partial charge is 0.495 e. The molecule has 0 saturated carbocycles. The predicted octanol–water partition coefficient (Wildman–Crippen LogP) is 4.43. The van der Waals surface area contributed by atoms with E-state index in [0.717, 1.165) is 26.9 Å². The number of allylic oxidation sites excluding steroid dienone is 1. The molecule has 1 N–H and O–H groups in total. The first kappa shape index (κ1) is 13.9. The number of nitrogens with one attached hydrogen (secondary N) is 1. The Morgan fingerprint density at radius 1 is 1.31 bits per heavy atom. The Hall–Kier alpha value is -0.190. The highest BCUT2D eigenvalue weighted by Gasteiger charge is 2.05. The van der Waals surface area contributed by atoms with Crippen molar-refractivity contribution in [3.63, 3.8) is 0 Å². The van der Waals surface area contributed by atoms with E-state index in [0.29, 0.717) is 5.88 Å². The maximum absolute atomic E-state index is 5.53. The summed E-state index contributed by atoms with van der Waals surface area (Å²) in [7, 11) is 1.64. The third kappa shape index (κ3) is 4.00. The van der Waals surface area contributed by atoms with E-state index in [4.69, 9.17) is 16.3 Å². The molecule has 2 nitrogen and oxygen atoms in total. The van der Waals surface area contributed by atoms with Crippen molar-refractivity contribution in [3.05, 3.63) is 33.2 Å². The van der Waals surface area contributed by atoms with Crippen LogP contribution in [0.1, 0.15) is 0 Å². The van der Waals surface area contributed by atoms with Gasteiger partial charge in [-0.3, -0.25) is 0 Å². The number of rotatable bonds is 5. The number of alkyl halides is 1. The van der Waals surface area contributed by atoms with Gasteiger partial charge < -0.3 is 10.1 Å². The smallest absolute Gasteiger partial charge is 0.135 e. The van der Waals surface area contributed by atoms with Gasteiger partial charge in [0.25, 0.3) is 0 Å². The first-order chi connectivity index (χ1) is 7.69. The number of methoxy groups -OCH3 is 1. The number of hydrogen-bond donors (Lipinski definition) is 1. The first-order valence-electron chi connectivity index (χ1n) is 4.67. The van der Waals surface area contributed by atoms with Crippen molar-refractivity contribution in [1.82, 2.24) is 0 Å². The predicted molar refractivity (Wildman–Crippen MR) is 76.7 cm³/mol. The average Bonchev–Trinajstić information content (AvgIpc) is 2.27. The van der Waals surface area contributed by atoms with Crippen molar-refractivity contribution < 1.29 is 4.74 Å². The Morgan fingerprint density at radius 2 is 2.06 bits per heavy atom. The molecule has 1 aromatic carbocycles. The molecule has 0 heterocycles. The van der Waals surface area contributed by atoms with Gasteiger partial charge in [-0.05, 0) is 37.9 Å². The third-order valence-electron chi connectivity index (χ3n) is 1.91. The maximum Gasteiger partial charge on any atom is 0.135 e. The quantitative estimate of drug-likeness (QED) is 0.612. The molecule has 16 heavy (non-hydrogen) atoms. The van der Waals surface area contributed by atoms with Crippen LogP contribution in [0.5, 0.6) is 5.75 Å². The lowest BCUT2D eigenvalue weighted by Gasteiger charge is -2.10. The molecule has 0 amide bonds. The van der Waals surface area contributed by atoms with Crippen molar-refractivity contribution >= 4 is 49.1 Å². The van der Waals surface area contributed by atoms with Crippen LogP contribution >= 0.6 is 43.5 Å². The topological polar surface area (TPSA) is 21.3 Å². The highest BCUT2D eigenvalue weighted by Crippen LogP contribution is 2.34. The van der Waals surface area contributed by atoms with Crippen LogP contribution in [-0.4, -0.2) is 19.5 Å². The molecule has 0 fully saturated rings. The Balaban J connectivity index is 2.75. The molecule has 0 unspecified atom stereocenters. The molecule has 0 bridgehead atoms. The average molecular weight is 369 g/mol. The summed E-state index contributed by atoms with van der Waals surface area (Å²) in [5.41, 5.74) is 0.985. The van der Waals surface area contributed by atoms with E-state index >= 15 is 0 Å². The van der Waals surface area contributed by atoms with Crippen LogP contribution in [0.15, 0.2) is 33.2 Å². The minimum absolute atomic E-state index is 0.534. The molecular formula is C11H12Br2ClNO. The Kier molecular flexibility index (Phi) is 6.24. The second kappa shape index (κ2) is 7.20. The number of anilines is 1. The minimum Gasteiger partial charge on any atom is -0.495 e. The molecule has 1 rings (SSSR count). The van der Waals surface area contributed by atoms with Gasteiger partial charge in [0.1, 0.15) is 5.75 Å². The van der Waals surface area contributed by atoms with Crippen molar-refractivity contribution in [2.45, 2.75) is 0 Å². The monoisotopic (exact) mass is 367 g/mol. The Labute approximate surface area is 117 Å². The van der Waals surface area contributed by atoms with Crippen LogP contribution in [0, 0.1) is 0 Å². The van der Waals surface area contributed by atoms with Crippen molar-refractivity contribution in [2.75, 3.05) is 24.9 Å².